The number of aromatic nitrogens is 2. The Morgan fingerprint density at radius 3 is 2.50 bits per heavy atom. The van der Waals surface area contributed by atoms with Crippen molar-refractivity contribution in [3.05, 3.63) is 33.2 Å². The average Bonchev–Trinajstić information content (AvgIpc) is 2.17. The highest BCUT2D eigenvalue weighted by atomic mass is 127. The van der Waals surface area contributed by atoms with Gasteiger partial charge in [-0.15, -0.1) is 0 Å². The topological polar surface area (TPSA) is 25.8 Å². The molecule has 0 aliphatic rings. The molecule has 0 spiro atoms. The lowest BCUT2D eigenvalue weighted by molar-refractivity contribution is -0.136. The zero-order valence-electron chi connectivity index (χ0n) is 8.14. The summed E-state index contributed by atoms with van der Waals surface area (Å²) in [6.45, 7) is 1.72. The van der Waals surface area contributed by atoms with Crippen LogP contribution in [0.2, 0.25) is 0 Å². The van der Waals surface area contributed by atoms with Gasteiger partial charge in [0.15, 0.2) is 0 Å². The predicted molar refractivity (Wildman–Crippen MR) is 62.0 cm³/mol. The zero-order chi connectivity index (χ0) is 11.9. The fourth-order valence-electron chi connectivity index (χ4n) is 1.37. The summed E-state index contributed by atoms with van der Waals surface area (Å²) < 4.78 is 38.5. The summed E-state index contributed by atoms with van der Waals surface area (Å²) in [6, 6.07) is 3.88. The maximum atomic E-state index is 12.7. The van der Waals surface area contributed by atoms with Crippen LogP contribution in [0.3, 0.4) is 0 Å². The van der Waals surface area contributed by atoms with Crippen LogP contribution in [0.15, 0.2) is 18.2 Å². The summed E-state index contributed by atoms with van der Waals surface area (Å²) in [5.41, 5.74) is 0.0700. The number of para-hydroxylation sites is 1. The maximum absolute atomic E-state index is 12.7. The number of aryl methyl sites for hydroxylation is 1. The summed E-state index contributed by atoms with van der Waals surface area (Å²) >= 11 is 1.88. The smallest absolute Gasteiger partial charge is 0.249 e. The van der Waals surface area contributed by atoms with Gasteiger partial charge in [-0.25, -0.2) is 9.97 Å². The molecule has 0 saturated heterocycles. The second kappa shape index (κ2) is 3.83. The fraction of sp³-hybridized carbons (Fsp3) is 0.200. The molecule has 0 aliphatic heterocycles. The van der Waals surface area contributed by atoms with Crippen molar-refractivity contribution in [1.29, 1.82) is 0 Å². The number of alkyl halides is 3. The molecule has 6 heteroatoms. The van der Waals surface area contributed by atoms with Crippen LogP contribution in [0.5, 0.6) is 0 Å². The van der Waals surface area contributed by atoms with Crippen LogP contribution in [-0.2, 0) is 6.18 Å². The van der Waals surface area contributed by atoms with Crippen LogP contribution in [0.25, 0.3) is 11.0 Å². The van der Waals surface area contributed by atoms with E-state index >= 15 is 0 Å². The Balaban J connectivity index is 2.82. The van der Waals surface area contributed by atoms with E-state index in [1.54, 1.807) is 6.92 Å². The minimum absolute atomic E-state index is 0.0926. The number of nitrogens with zero attached hydrogens (tertiary/aromatic N) is 2. The van der Waals surface area contributed by atoms with Crippen molar-refractivity contribution in [1.82, 2.24) is 9.97 Å². The number of hydrogen-bond donors (Lipinski definition) is 0. The molecule has 1 heterocycles. The Kier molecular flexibility index (Phi) is 2.77. The molecule has 0 atom stereocenters. The molecule has 2 nitrogen and oxygen atoms in total. The van der Waals surface area contributed by atoms with Crippen molar-refractivity contribution < 1.29 is 13.2 Å². The molecule has 0 N–H and O–H groups in total. The second-order valence-corrected chi connectivity index (χ2v) is 4.29. The van der Waals surface area contributed by atoms with Gasteiger partial charge in [-0.05, 0) is 41.6 Å². The molecule has 16 heavy (non-hydrogen) atoms. The lowest BCUT2D eigenvalue weighted by Crippen LogP contribution is -2.08. The van der Waals surface area contributed by atoms with Crippen LogP contribution < -0.4 is 0 Å². The lowest BCUT2D eigenvalue weighted by atomic mass is 10.1. The standard InChI is InChI=1S/C10H6F3IN2/c1-5-9(14)16-8-6(10(11,12)13)3-2-4-7(8)15-5/h2-4H,1H3. The molecule has 0 fully saturated rings. The van der Waals surface area contributed by atoms with Gasteiger partial charge in [-0.1, -0.05) is 6.07 Å². The van der Waals surface area contributed by atoms with E-state index in [0.717, 1.165) is 6.07 Å². The van der Waals surface area contributed by atoms with Gasteiger partial charge in [0.2, 0.25) is 0 Å². The van der Waals surface area contributed by atoms with Crippen molar-refractivity contribution in [2.24, 2.45) is 0 Å². The lowest BCUT2D eigenvalue weighted by Gasteiger charge is -2.09. The van der Waals surface area contributed by atoms with Crippen molar-refractivity contribution in [2.45, 2.75) is 13.1 Å². The van der Waals surface area contributed by atoms with Gasteiger partial charge in [0.1, 0.15) is 9.22 Å². The van der Waals surface area contributed by atoms with Crippen LogP contribution >= 0.6 is 22.6 Å². The first-order chi connectivity index (χ1) is 7.39. The molecular formula is C10H6F3IN2. The predicted octanol–water partition coefficient (Wildman–Crippen LogP) is 3.56. The van der Waals surface area contributed by atoms with Crippen LogP contribution in [0.1, 0.15) is 11.3 Å². The van der Waals surface area contributed by atoms with E-state index in [-0.39, 0.29) is 11.0 Å². The molecule has 0 radical (unpaired) electrons. The van der Waals surface area contributed by atoms with Gasteiger partial charge in [0.25, 0.3) is 0 Å². The van der Waals surface area contributed by atoms with Crippen molar-refractivity contribution in [2.75, 3.05) is 0 Å². The van der Waals surface area contributed by atoms with E-state index in [4.69, 9.17) is 0 Å². The third-order valence-electron chi connectivity index (χ3n) is 2.12. The summed E-state index contributed by atoms with van der Waals surface area (Å²) in [5.74, 6) is 0. The van der Waals surface area contributed by atoms with Gasteiger partial charge in [0.05, 0.1) is 16.8 Å². The van der Waals surface area contributed by atoms with Crippen molar-refractivity contribution >= 4 is 33.6 Å². The van der Waals surface area contributed by atoms with E-state index in [9.17, 15) is 13.2 Å². The largest absolute Gasteiger partial charge is 0.418 e. The number of benzene rings is 1. The number of rotatable bonds is 0. The molecule has 1 aromatic carbocycles. The summed E-state index contributed by atoms with van der Waals surface area (Å²) in [6.07, 6.45) is -4.40. The van der Waals surface area contributed by atoms with E-state index in [0.29, 0.717) is 9.39 Å². The molecule has 0 bridgehead atoms. The highest BCUT2D eigenvalue weighted by Crippen LogP contribution is 2.33. The Bertz CT molecular complexity index is 551. The van der Waals surface area contributed by atoms with Gasteiger partial charge < -0.3 is 0 Å². The van der Waals surface area contributed by atoms with Crippen molar-refractivity contribution in [3.63, 3.8) is 0 Å². The maximum Gasteiger partial charge on any atom is 0.418 e. The van der Waals surface area contributed by atoms with Gasteiger partial charge in [-0.3, -0.25) is 0 Å². The first kappa shape index (κ1) is 11.6. The molecule has 0 amide bonds. The monoisotopic (exact) mass is 338 g/mol. The Morgan fingerprint density at radius 2 is 1.88 bits per heavy atom. The molecule has 84 valence electrons. The summed E-state index contributed by atoms with van der Waals surface area (Å²) in [4.78, 5) is 8.03. The molecular weight excluding hydrogens is 332 g/mol. The van der Waals surface area contributed by atoms with Gasteiger partial charge in [0, 0.05) is 0 Å². The highest BCUT2D eigenvalue weighted by Gasteiger charge is 2.33. The molecule has 0 aliphatic carbocycles. The SMILES string of the molecule is Cc1nc2cccc(C(F)(F)F)c2nc1I. The zero-order valence-corrected chi connectivity index (χ0v) is 10.3. The fourth-order valence-corrected chi connectivity index (χ4v) is 1.74. The van der Waals surface area contributed by atoms with E-state index < -0.39 is 11.7 Å². The molecule has 2 aromatic rings. The quantitative estimate of drug-likeness (QED) is 0.687. The average molecular weight is 338 g/mol. The first-order valence-electron chi connectivity index (χ1n) is 4.39. The first-order valence-corrected chi connectivity index (χ1v) is 5.47. The second-order valence-electron chi connectivity index (χ2n) is 3.27. The van der Waals surface area contributed by atoms with Crippen LogP contribution in [0, 0.1) is 10.6 Å². The summed E-state index contributed by atoms with van der Waals surface area (Å²) in [7, 11) is 0. The highest BCUT2D eigenvalue weighted by molar-refractivity contribution is 14.1. The third-order valence-corrected chi connectivity index (χ3v) is 3.14. The normalized spacial score (nSPS) is 12.1. The minimum atomic E-state index is -4.40. The Hall–Kier alpha value is -0.920. The third kappa shape index (κ3) is 1.98. The van der Waals surface area contributed by atoms with E-state index in [1.807, 2.05) is 22.6 Å². The molecule has 0 unspecified atom stereocenters. The van der Waals surface area contributed by atoms with E-state index in [1.165, 1.54) is 12.1 Å². The number of halogens is 4. The van der Waals surface area contributed by atoms with Gasteiger partial charge >= 0.3 is 6.18 Å². The van der Waals surface area contributed by atoms with E-state index in [2.05, 4.69) is 9.97 Å². The molecule has 1 aromatic heterocycles. The minimum Gasteiger partial charge on any atom is -0.249 e. The Morgan fingerprint density at radius 1 is 1.19 bits per heavy atom. The summed E-state index contributed by atoms with van der Waals surface area (Å²) in [5, 5.41) is 0. The van der Waals surface area contributed by atoms with Crippen molar-refractivity contribution in [3.8, 4) is 0 Å². The number of fused-ring (bicyclic) bond motifs is 1. The molecule has 2 rings (SSSR count). The molecule has 0 saturated carbocycles. The Labute approximate surface area is 103 Å². The van der Waals surface area contributed by atoms with Crippen LogP contribution in [0.4, 0.5) is 13.2 Å². The van der Waals surface area contributed by atoms with Crippen LogP contribution in [-0.4, -0.2) is 9.97 Å². The number of hydrogen-bond acceptors (Lipinski definition) is 2. The van der Waals surface area contributed by atoms with Gasteiger partial charge in [-0.2, -0.15) is 13.2 Å².